The van der Waals surface area contributed by atoms with Crippen LogP contribution in [0.4, 0.5) is 0 Å². The van der Waals surface area contributed by atoms with Gasteiger partial charge in [-0.05, 0) is 19.1 Å². The van der Waals surface area contributed by atoms with Crippen molar-refractivity contribution in [1.29, 1.82) is 0 Å². The molecule has 4 nitrogen and oxygen atoms in total. The van der Waals surface area contributed by atoms with Crippen LogP contribution in [0, 0.1) is 6.92 Å². The number of carbonyl (C=O) groups is 1. The second kappa shape index (κ2) is 3.81. The average Bonchev–Trinajstić information content (AvgIpc) is 2.24. The van der Waals surface area contributed by atoms with Crippen molar-refractivity contribution >= 4 is 16.9 Å². The molecule has 0 bridgehead atoms. The fraction of sp³-hybridized carbons (Fsp3) is 0.167. The van der Waals surface area contributed by atoms with Gasteiger partial charge in [0.25, 0.3) is 0 Å². The van der Waals surface area contributed by atoms with Crippen LogP contribution in [0.25, 0.3) is 11.0 Å². The third-order valence-electron chi connectivity index (χ3n) is 2.23. The highest BCUT2D eigenvalue weighted by atomic mass is 16.5. The van der Waals surface area contributed by atoms with Gasteiger partial charge in [-0.25, -0.2) is 4.79 Å². The van der Waals surface area contributed by atoms with E-state index in [0.29, 0.717) is 16.5 Å². The van der Waals surface area contributed by atoms with Crippen molar-refractivity contribution in [2.75, 3.05) is 0 Å². The first-order valence-electron chi connectivity index (χ1n) is 4.80. The summed E-state index contributed by atoms with van der Waals surface area (Å²) in [5.41, 5.74) is 0.221. The average molecular weight is 218 g/mol. The molecule has 0 unspecified atom stereocenters. The summed E-state index contributed by atoms with van der Waals surface area (Å²) in [4.78, 5) is 22.4. The van der Waals surface area contributed by atoms with Crippen LogP contribution in [0.15, 0.2) is 33.5 Å². The van der Waals surface area contributed by atoms with Crippen LogP contribution in [0.5, 0.6) is 5.75 Å². The van der Waals surface area contributed by atoms with Crippen molar-refractivity contribution in [3.63, 3.8) is 0 Å². The van der Waals surface area contributed by atoms with Crippen LogP contribution < -0.4 is 10.4 Å². The Morgan fingerprint density at radius 1 is 1.31 bits per heavy atom. The third-order valence-corrected chi connectivity index (χ3v) is 2.23. The van der Waals surface area contributed by atoms with E-state index >= 15 is 0 Å². The second-order valence-corrected chi connectivity index (χ2v) is 3.43. The standard InChI is InChI=1S/C12H10O4/c1-7-11(15-8(2)13)9-5-3-4-6-10(9)16-12(7)14/h3-6H,1-2H3. The fourth-order valence-electron chi connectivity index (χ4n) is 1.49. The molecule has 0 fully saturated rings. The van der Waals surface area contributed by atoms with Crippen LogP contribution >= 0.6 is 0 Å². The predicted molar refractivity (Wildman–Crippen MR) is 58.5 cm³/mol. The third kappa shape index (κ3) is 1.69. The van der Waals surface area contributed by atoms with Crippen molar-refractivity contribution < 1.29 is 13.9 Å². The zero-order valence-electron chi connectivity index (χ0n) is 8.94. The van der Waals surface area contributed by atoms with Crippen molar-refractivity contribution in [3.8, 4) is 5.75 Å². The highest BCUT2D eigenvalue weighted by Gasteiger charge is 2.13. The number of carbonyl (C=O) groups excluding carboxylic acids is 1. The summed E-state index contributed by atoms with van der Waals surface area (Å²) in [6.07, 6.45) is 0. The van der Waals surface area contributed by atoms with Gasteiger partial charge in [-0.2, -0.15) is 0 Å². The van der Waals surface area contributed by atoms with E-state index < -0.39 is 11.6 Å². The van der Waals surface area contributed by atoms with Gasteiger partial charge < -0.3 is 9.15 Å². The summed E-state index contributed by atoms with van der Waals surface area (Å²) in [6.45, 7) is 2.86. The Balaban J connectivity index is 2.81. The van der Waals surface area contributed by atoms with E-state index in [2.05, 4.69) is 0 Å². The number of ether oxygens (including phenoxy) is 1. The molecule has 16 heavy (non-hydrogen) atoms. The number of fused-ring (bicyclic) bond motifs is 1. The number of esters is 1. The van der Waals surface area contributed by atoms with Crippen LogP contribution in [-0.4, -0.2) is 5.97 Å². The van der Waals surface area contributed by atoms with E-state index in [1.165, 1.54) is 6.92 Å². The second-order valence-electron chi connectivity index (χ2n) is 3.43. The molecule has 0 aliphatic carbocycles. The maximum Gasteiger partial charge on any atom is 0.342 e. The topological polar surface area (TPSA) is 56.5 Å². The SMILES string of the molecule is CC(=O)Oc1c(C)c(=O)oc2ccccc12. The van der Waals surface area contributed by atoms with Crippen molar-refractivity contribution in [3.05, 3.63) is 40.2 Å². The van der Waals surface area contributed by atoms with E-state index in [-0.39, 0.29) is 5.75 Å². The molecule has 0 aliphatic rings. The fourth-order valence-corrected chi connectivity index (χ4v) is 1.49. The molecule has 82 valence electrons. The summed E-state index contributed by atoms with van der Waals surface area (Å²) in [7, 11) is 0. The zero-order chi connectivity index (χ0) is 11.7. The van der Waals surface area contributed by atoms with Crippen LogP contribution in [0.1, 0.15) is 12.5 Å². The Bertz CT molecular complexity index is 610. The van der Waals surface area contributed by atoms with Crippen molar-refractivity contribution in [2.45, 2.75) is 13.8 Å². The highest BCUT2D eigenvalue weighted by molar-refractivity contribution is 5.87. The van der Waals surface area contributed by atoms with Gasteiger partial charge in [0.1, 0.15) is 5.58 Å². The van der Waals surface area contributed by atoms with Crippen LogP contribution in [-0.2, 0) is 4.79 Å². The van der Waals surface area contributed by atoms with E-state index in [9.17, 15) is 9.59 Å². The van der Waals surface area contributed by atoms with Crippen molar-refractivity contribution in [1.82, 2.24) is 0 Å². The van der Waals surface area contributed by atoms with E-state index in [1.54, 1.807) is 31.2 Å². The molecule has 0 amide bonds. The van der Waals surface area contributed by atoms with Gasteiger partial charge >= 0.3 is 11.6 Å². The predicted octanol–water partition coefficient (Wildman–Crippen LogP) is 2.03. The van der Waals surface area contributed by atoms with Gasteiger partial charge in [0, 0.05) is 6.92 Å². The molecule has 0 radical (unpaired) electrons. The summed E-state index contributed by atoms with van der Waals surface area (Å²) in [5.74, 6) is -0.182. The molecule has 0 N–H and O–H groups in total. The van der Waals surface area contributed by atoms with Crippen LogP contribution in [0.3, 0.4) is 0 Å². The number of rotatable bonds is 1. The Hall–Kier alpha value is -2.10. The molecule has 0 saturated carbocycles. The number of benzene rings is 1. The molecule has 1 aromatic carbocycles. The van der Waals surface area contributed by atoms with Crippen LogP contribution in [0.2, 0.25) is 0 Å². The quantitative estimate of drug-likeness (QED) is 0.542. The van der Waals surface area contributed by atoms with E-state index in [4.69, 9.17) is 9.15 Å². The van der Waals surface area contributed by atoms with Gasteiger partial charge in [-0.1, -0.05) is 12.1 Å². The van der Waals surface area contributed by atoms with E-state index in [1.807, 2.05) is 0 Å². The first-order chi connectivity index (χ1) is 7.59. The molecular formula is C12H10O4. The van der Waals surface area contributed by atoms with E-state index in [0.717, 1.165) is 0 Å². The monoisotopic (exact) mass is 218 g/mol. The molecule has 0 saturated heterocycles. The lowest BCUT2D eigenvalue weighted by molar-refractivity contribution is -0.131. The smallest absolute Gasteiger partial charge is 0.342 e. The maximum absolute atomic E-state index is 11.5. The molecule has 0 spiro atoms. The van der Waals surface area contributed by atoms with Gasteiger partial charge in [0.2, 0.25) is 0 Å². The summed E-state index contributed by atoms with van der Waals surface area (Å²) < 4.78 is 10.1. The molecule has 2 aromatic rings. The van der Waals surface area contributed by atoms with Gasteiger partial charge in [-0.3, -0.25) is 4.79 Å². The molecule has 4 heteroatoms. The van der Waals surface area contributed by atoms with Crippen molar-refractivity contribution in [2.24, 2.45) is 0 Å². The first kappa shape index (κ1) is 10.4. The van der Waals surface area contributed by atoms with Gasteiger partial charge in [0.15, 0.2) is 5.75 Å². The maximum atomic E-state index is 11.5. The number of hydrogen-bond donors (Lipinski definition) is 0. The lowest BCUT2D eigenvalue weighted by Gasteiger charge is -2.07. The van der Waals surface area contributed by atoms with Gasteiger partial charge in [-0.15, -0.1) is 0 Å². The van der Waals surface area contributed by atoms with Gasteiger partial charge in [0.05, 0.1) is 10.9 Å². The lowest BCUT2D eigenvalue weighted by atomic mass is 10.1. The molecule has 1 heterocycles. The molecule has 1 aromatic heterocycles. The Morgan fingerprint density at radius 2 is 2.00 bits per heavy atom. The summed E-state index contributed by atoms with van der Waals surface area (Å²) >= 11 is 0. The number of para-hydroxylation sites is 1. The highest BCUT2D eigenvalue weighted by Crippen LogP contribution is 2.26. The zero-order valence-corrected chi connectivity index (χ0v) is 8.94. The Morgan fingerprint density at radius 3 is 2.69 bits per heavy atom. The normalized spacial score (nSPS) is 10.4. The lowest BCUT2D eigenvalue weighted by Crippen LogP contribution is -2.10. The Labute approximate surface area is 91.4 Å². The molecule has 0 atom stereocenters. The Kier molecular flexibility index (Phi) is 2.48. The number of hydrogen-bond acceptors (Lipinski definition) is 4. The minimum absolute atomic E-state index is 0.277. The largest absolute Gasteiger partial charge is 0.425 e. The minimum Gasteiger partial charge on any atom is -0.425 e. The molecule has 0 aliphatic heterocycles. The molecule has 2 rings (SSSR count). The first-order valence-corrected chi connectivity index (χ1v) is 4.80. The summed E-state index contributed by atoms with van der Waals surface area (Å²) in [6, 6.07) is 6.93. The molecular weight excluding hydrogens is 208 g/mol. The minimum atomic E-state index is -0.491. The summed E-state index contributed by atoms with van der Waals surface area (Å²) in [5, 5.41) is 0.620.